The fourth-order valence-corrected chi connectivity index (χ4v) is 4.52. The molecule has 5 heteroatoms. The van der Waals surface area contributed by atoms with E-state index in [1.54, 1.807) is 7.11 Å². The highest BCUT2D eigenvalue weighted by atomic mass is 16.5. The summed E-state index contributed by atoms with van der Waals surface area (Å²) in [6, 6.07) is 12.8. The van der Waals surface area contributed by atoms with Crippen molar-refractivity contribution in [3.8, 4) is 22.9 Å². The standard InChI is InChI=1S/C25H26N4O/c1-30-22-4-2-3-19(12-22)20-11-21(16-27-15-20)24-17-29(25-13-23(24)25)10-9-28-7-5-18(14-26)6-8-28/h2-4,11-13,15-16,18H,5-10,17H2,1H3. The third-order valence-electron chi connectivity index (χ3n) is 6.43. The number of methoxy groups -OCH3 is 1. The van der Waals surface area contributed by atoms with Crippen LogP contribution in [0.15, 0.2) is 60.1 Å². The van der Waals surface area contributed by atoms with E-state index in [9.17, 15) is 0 Å². The molecule has 2 aliphatic heterocycles. The molecule has 0 spiro atoms. The lowest BCUT2D eigenvalue weighted by atomic mass is 9.99. The molecule has 1 aromatic carbocycles. The Labute approximate surface area is 177 Å². The predicted molar refractivity (Wildman–Crippen MR) is 118 cm³/mol. The minimum Gasteiger partial charge on any atom is -0.497 e. The molecule has 0 bridgehead atoms. The quantitative estimate of drug-likeness (QED) is 0.737. The van der Waals surface area contributed by atoms with Gasteiger partial charge in [-0.05, 0) is 66.9 Å². The monoisotopic (exact) mass is 398 g/mol. The van der Waals surface area contributed by atoms with Gasteiger partial charge in [0.1, 0.15) is 5.75 Å². The molecule has 2 aromatic rings. The summed E-state index contributed by atoms with van der Waals surface area (Å²) in [5, 5.41) is 9.07. The van der Waals surface area contributed by atoms with Gasteiger partial charge in [-0.25, -0.2) is 0 Å². The Hall–Kier alpha value is -3.10. The van der Waals surface area contributed by atoms with E-state index in [1.165, 1.54) is 22.4 Å². The number of nitriles is 1. The van der Waals surface area contributed by atoms with Crippen LogP contribution in [0.25, 0.3) is 16.7 Å². The van der Waals surface area contributed by atoms with Crippen LogP contribution >= 0.6 is 0 Å². The molecule has 0 atom stereocenters. The molecule has 0 amide bonds. The zero-order chi connectivity index (χ0) is 20.5. The smallest absolute Gasteiger partial charge is 0.119 e. The van der Waals surface area contributed by atoms with Crippen molar-refractivity contribution in [2.75, 3.05) is 39.8 Å². The summed E-state index contributed by atoms with van der Waals surface area (Å²) in [5.41, 5.74) is 7.60. The van der Waals surface area contributed by atoms with Crippen LogP contribution in [0.4, 0.5) is 0 Å². The van der Waals surface area contributed by atoms with Crippen LogP contribution in [0.3, 0.4) is 0 Å². The number of pyridine rings is 1. The molecule has 0 radical (unpaired) electrons. The number of rotatable bonds is 6. The largest absolute Gasteiger partial charge is 0.497 e. The minimum absolute atomic E-state index is 0.253. The lowest BCUT2D eigenvalue weighted by Crippen LogP contribution is -2.38. The average molecular weight is 399 g/mol. The highest BCUT2D eigenvalue weighted by Gasteiger charge is 2.35. The second-order valence-corrected chi connectivity index (χ2v) is 8.28. The van der Waals surface area contributed by atoms with Gasteiger partial charge in [0.05, 0.1) is 13.2 Å². The molecule has 5 nitrogen and oxygen atoms in total. The van der Waals surface area contributed by atoms with Crippen LogP contribution in [0.2, 0.25) is 0 Å². The van der Waals surface area contributed by atoms with Crippen molar-refractivity contribution in [1.82, 2.24) is 14.8 Å². The Balaban J connectivity index is 1.24. The Morgan fingerprint density at radius 3 is 2.73 bits per heavy atom. The molecule has 3 aliphatic rings. The summed E-state index contributed by atoms with van der Waals surface area (Å²) in [4.78, 5) is 9.51. The van der Waals surface area contributed by atoms with Crippen molar-refractivity contribution < 1.29 is 4.74 Å². The van der Waals surface area contributed by atoms with Crippen molar-refractivity contribution in [3.05, 3.63) is 65.6 Å². The molecule has 152 valence electrons. The number of nitrogens with zero attached hydrogens (tertiary/aromatic N) is 4. The molecule has 0 N–H and O–H groups in total. The van der Waals surface area contributed by atoms with Crippen molar-refractivity contribution in [3.63, 3.8) is 0 Å². The van der Waals surface area contributed by atoms with E-state index in [4.69, 9.17) is 10.00 Å². The van der Waals surface area contributed by atoms with Crippen molar-refractivity contribution >= 4 is 5.57 Å². The van der Waals surface area contributed by atoms with Gasteiger partial charge < -0.3 is 14.5 Å². The molecule has 1 aromatic heterocycles. The summed E-state index contributed by atoms with van der Waals surface area (Å²) in [5.74, 6) is 1.11. The van der Waals surface area contributed by atoms with E-state index in [2.05, 4.69) is 45.1 Å². The van der Waals surface area contributed by atoms with Crippen LogP contribution in [-0.2, 0) is 0 Å². The van der Waals surface area contributed by atoms with E-state index in [-0.39, 0.29) is 5.92 Å². The molecule has 30 heavy (non-hydrogen) atoms. The predicted octanol–water partition coefficient (Wildman–Crippen LogP) is 3.96. The minimum atomic E-state index is 0.253. The van der Waals surface area contributed by atoms with E-state index in [0.717, 1.165) is 62.4 Å². The molecular formula is C25H26N4O. The SMILES string of the molecule is COc1cccc(-c2cncc(C3=C4C=C4N(CCN4CCC(C#N)CC4)C3)c2)c1. The first-order valence-corrected chi connectivity index (χ1v) is 10.7. The van der Waals surface area contributed by atoms with Gasteiger partial charge >= 0.3 is 0 Å². The molecule has 1 fully saturated rings. The Morgan fingerprint density at radius 1 is 1.10 bits per heavy atom. The fourth-order valence-electron chi connectivity index (χ4n) is 4.52. The molecule has 0 unspecified atom stereocenters. The summed E-state index contributed by atoms with van der Waals surface area (Å²) in [6.45, 7) is 5.16. The number of hydrogen-bond acceptors (Lipinski definition) is 5. The van der Waals surface area contributed by atoms with Gasteiger partial charge in [-0.15, -0.1) is 0 Å². The van der Waals surface area contributed by atoms with Crippen molar-refractivity contribution in [2.24, 2.45) is 5.92 Å². The first-order valence-electron chi connectivity index (χ1n) is 10.7. The van der Waals surface area contributed by atoms with Crippen LogP contribution < -0.4 is 4.74 Å². The lowest BCUT2D eigenvalue weighted by Gasteiger charge is -2.31. The van der Waals surface area contributed by atoms with Crippen LogP contribution in [0.5, 0.6) is 5.75 Å². The van der Waals surface area contributed by atoms with Gasteiger partial charge in [0.25, 0.3) is 0 Å². The second kappa shape index (κ2) is 7.97. The van der Waals surface area contributed by atoms with Crippen LogP contribution in [0, 0.1) is 17.2 Å². The first kappa shape index (κ1) is 18.9. The summed E-state index contributed by atoms with van der Waals surface area (Å²) >= 11 is 0. The topological polar surface area (TPSA) is 52.4 Å². The number of likely N-dealkylation sites (tertiary alicyclic amines) is 1. The Kier molecular flexibility index (Phi) is 5.02. The fraction of sp³-hybridized carbons (Fsp3) is 0.360. The van der Waals surface area contributed by atoms with E-state index < -0.39 is 0 Å². The van der Waals surface area contributed by atoms with E-state index >= 15 is 0 Å². The number of fused-ring (bicyclic) bond motifs is 1. The molecule has 1 aliphatic carbocycles. The highest BCUT2D eigenvalue weighted by Crippen LogP contribution is 2.45. The summed E-state index contributed by atoms with van der Waals surface area (Å²) < 4.78 is 5.37. The number of allylic oxidation sites excluding steroid dienone is 2. The number of aromatic nitrogens is 1. The maximum absolute atomic E-state index is 9.07. The lowest BCUT2D eigenvalue weighted by molar-refractivity contribution is 0.189. The molecule has 1 saturated heterocycles. The molecule has 5 rings (SSSR count). The van der Waals surface area contributed by atoms with E-state index in [0.29, 0.717) is 0 Å². The zero-order valence-electron chi connectivity index (χ0n) is 17.3. The molecular weight excluding hydrogens is 372 g/mol. The number of hydrogen-bond donors (Lipinski definition) is 0. The van der Waals surface area contributed by atoms with Gasteiger partial charge in [-0.2, -0.15) is 5.26 Å². The van der Waals surface area contributed by atoms with Gasteiger partial charge in [0.15, 0.2) is 0 Å². The number of ether oxygens (including phenoxy) is 1. The number of piperidine rings is 1. The maximum atomic E-state index is 9.07. The van der Waals surface area contributed by atoms with Gasteiger partial charge in [-0.3, -0.25) is 4.98 Å². The molecule has 0 saturated carbocycles. The second-order valence-electron chi connectivity index (χ2n) is 8.28. The third-order valence-corrected chi connectivity index (χ3v) is 6.43. The zero-order valence-corrected chi connectivity index (χ0v) is 17.3. The summed E-state index contributed by atoms with van der Waals surface area (Å²) in [7, 11) is 1.69. The third kappa shape index (κ3) is 3.71. The van der Waals surface area contributed by atoms with Gasteiger partial charge in [0.2, 0.25) is 0 Å². The van der Waals surface area contributed by atoms with Crippen LogP contribution in [0.1, 0.15) is 18.4 Å². The van der Waals surface area contributed by atoms with E-state index in [1.807, 2.05) is 24.5 Å². The Morgan fingerprint density at radius 2 is 1.93 bits per heavy atom. The highest BCUT2D eigenvalue weighted by molar-refractivity contribution is 5.87. The average Bonchev–Trinajstić information content (AvgIpc) is 3.52. The molecule has 3 heterocycles. The normalized spacial score (nSPS) is 18.8. The van der Waals surface area contributed by atoms with Gasteiger partial charge in [0, 0.05) is 54.8 Å². The Bertz CT molecular complexity index is 1060. The maximum Gasteiger partial charge on any atom is 0.119 e. The summed E-state index contributed by atoms with van der Waals surface area (Å²) in [6.07, 6.45) is 8.21. The van der Waals surface area contributed by atoms with Crippen molar-refractivity contribution in [2.45, 2.75) is 12.8 Å². The first-order chi connectivity index (χ1) is 14.7. The van der Waals surface area contributed by atoms with Crippen molar-refractivity contribution in [1.29, 1.82) is 5.26 Å². The number of benzene rings is 1. The van der Waals surface area contributed by atoms with Crippen LogP contribution in [-0.4, -0.2) is 54.6 Å². The van der Waals surface area contributed by atoms with Gasteiger partial charge in [-0.1, -0.05) is 12.1 Å².